The van der Waals surface area contributed by atoms with Crippen molar-refractivity contribution >= 4 is 19.9 Å². The molecule has 0 unspecified atom stereocenters. The van der Waals surface area contributed by atoms with Gasteiger partial charge in [-0.25, -0.2) is 0 Å². The highest BCUT2D eigenvalue weighted by Gasteiger charge is 2.38. The lowest BCUT2D eigenvalue weighted by molar-refractivity contribution is 0.387. The zero-order chi connectivity index (χ0) is 9.99. The van der Waals surface area contributed by atoms with E-state index in [4.69, 9.17) is 16.0 Å². The average Bonchev–Trinajstić information content (AvgIpc) is 1.84. The van der Waals surface area contributed by atoms with Crippen molar-refractivity contribution < 1.29 is 4.43 Å². The van der Waals surface area contributed by atoms with Crippen molar-refractivity contribution in [2.45, 2.75) is 45.8 Å². The van der Waals surface area contributed by atoms with Gasteiger partial charge in [-0.1, -0.05) is 32.4 Å². The Labute approximate surface area is 81.9 Å². The molecule has 0 rings (SSSR count). The van der Waals surface area contributed by atoms with E-state index >= 15 is 0 Å². The molecule has 0 fully saturated rings. The first-order chi connectivity index (χ1) is 5.20. The number of rotatable bonds is 2. The summed E-state index contributed by atoms with van der Waals surface area (Å²) in [7, 11) is -1.64. The predicted molar refractivity (Wildman–Crippen MR) is 57.9 cm³/mol. The summed E-state index contributed by atoms with van der Waals surface area (Å²) in [5, 5.41) is 0.244. The van der Waals surface area contributed by atoms with E-state index in [1.54, 1.807) is 0 Å². The van der Waals surface area contributed by atoms with E-state index in [1.165, 1.54) is 5.54 Å². The molecule has 72 valence electrons. The van der Waals surface area contributed by atoms with E-state index < -0.39 is 8.32 Å². The van der Waals surface area contributed by atoms with Gasteiger partial charge in [-0.15, -0.1) is 0 Å². The van der Waals surface area contributed by atoms with Crippen LogP contribution in [0.2, 0.25) is 18.1 Å². The van der Waals surface area contributed by atoms with Gasteiger partial charge < -0.3 is 4.43 Å². The van der Waals surface area contributed by atoms with Crippen molar-refractivity contribution in [2.75, 3.05) is 0 Å². The van der Waals surface area contributed by atoms with Crippen LogP contribution in [0.25, 0.3) is 0 Å². The van der Waals surface area contributed by atoms with Gasteiger partial charge in [0.2, 0.25) is 8.32 Å². The van der Waals surface area contributed by atoms with Crippen molar-refractivity contribution in [3.05, 3.63) is 11.3 Å². The van der Waals surface area contributed by atoms with Crippen LogP contribution >= 0.6 is 11.6 Å². The SMILES string of the molecule is C/C(=C/Cl)O[Si](C)(C)C(C)(C)C. The van der Waals surface area contributed by atoms with E-state index in [0.717, 1.165) is 5.76 Å². The highest BCUT2D eigenvalue weighted by molar-refractivity contribution is 6.74. The van der Waals surface area contributed by atoms with Gasteiger partial charge in [-0.2, -0.15) is 0 Å². The molecule has 3 heteroatoms. The Morgan fingerprint density at radius 1 is 1.33 bits per heavy atom. The van der Waals surface area contributed by atoms with Gasteiger partial charge in [0, 0.05) is 5.54 Å². The Morgan fingerprint density at radius 2 is 1.75 bits per heavy atom. The van der Waals surface area contributed by atoms with Crippen molar-refractivity contribution in [2.24, 2.45) is 0 Å². The molecule has 0 aromatic heterocycles. The summed E-state index contributed by atoms with van der Waals surface area (Å²) in [6.45, 7) is 12.9. The summed E-state index contributed by atoms with van der Waals surface area (Å²) < 4.78 is 5.82. The molecule has 0 saturated heterocycles. The van der Waals surface area contributed by atoms with Crippen LogP contribution in [-0.4, -0.2) is 8.32 Å². The summed E-state index contributed by atoms with van der Waals surface area (Å²) in [6, 6.07) is 0. The third-order valence-corrected chi connectivity index (χ3v) is 7.13. The van der Waals surface area contributed by atoms with Gasteiger partial charge in [0.25, 0.3) is 0 Å². The molecule has 0 N–H and O–H groups in total. The summed E-state index contributed by atoms with van der Waals surface area (Å²) >= 11 is 5.54. The fraction of sp³-hybridized carbons (Fsp3) is 0.778. The first kappa shape index (κ1) is 12.0. The Bertz CT molecular complexity index is 179. The average molecular weight is 207 g/mol. The van der Waals surface area contributed by atoms with Gasteiger partial charge in [0.05, 0.1) is 5.76 Å². The summed E-state index contributed by atoms with van der Waals surface area (Å²) in [5.74, 6) is 0.822. The first-order valence-electron chi connectivity index (χ1n) is 4.17. The standard InChI is InChI=1S/C9H19ClOSi/c1-8(7-10)11-12(5,6)9(2,3)4/h7H,1-6H3/b8-7-. The maximum Gasteiger partial charge on any atom is 0.250 e. The van der Waals surface area contributed by atoms with E-state index in [0.29, 0.717) is 0 Å². The smallest absolute Gasteiger partial charge is 0.250 e. The molecule has 0 radical (unpaired) electrons. The van der Waals surface area contributed by atoms with Crippen LogP contribution in [0.3, 0.4) is 0 Å². The van der Waals surface area contributed by atoms with Crippen LogP contribution in [0.4, 0.5) is 0 Å². The third kappa shape index (κ3) is 3.19. The predicted octanol–water partition coefficient (Wildman–Crippen LogP) is 4.11. The molecule has 0 aliphatic heterocycles. The molecule has 12 heavy (non-hydrogen) atoms. The number of halogens is 1. The highest BCUT2D eigenvalue weighted by atomic mass is 35.5. The maximum absolute atomic E-state index is 5.82. The fourth-order valence-electron chi connectivity index (χ4n) is 0.578. The van der Waals surface area contributed by atoms with Crippen LogP contribution < -0.4 is 0 Å². The van der Waals surface area contributed by atoms with E-state index in [1.807, 2.05) is 6.92 Å². The zero-order valence-corrected chi connectivity index (χ0v) is 10.6. The number of allylic oxidation sites excluding steroid dienone is 1. The molecule has 0 heterocycles. The van der Waals surface area contributed by atoms with E-state index in [-0.39, 0.29) is 5.04 Å². The normalized spacial score (nSPS) is 14.8. The van der Waals surface area contributed by atoms with Crippen molar-refractivity contribution in [1.82, 2.24) is 0 Å². The molecule has 0 aliphatic rings. The van der Waals surface area contributed by atoms with E-state index in [9.17, 15) is 0 Å². The summed E-state index contributed by atoms with van der Waals surface area (Å²) in [4.78, 5) is 0. The second-order valence-corrected chi connectivity index (χ2v) is 9.53. The number of hydrogen-bond donors (Lipinski definition) is 0. The second-order valence-electron chi connectivity index (χ2n) is 4.58. The largest absolute Gasteiger partial charge is 0.546 e. The van der Waals surface area contributed by atoms with Crippen LogP contribution in [0.5, 0.6) is 0 Å². The molecule has 0 saturated carbocycles. The maximum atomic E-state index is 5.82. The Balaban J connectivity index is 4.44. The van der Waals surface area contributed by atoms with Crippen molar-refractivity contribution in [3.8, 4) is 0 Å². The molecule has 0 aromatic carbocycles. The lowest BCUT2D eigenvalue weighted by Crippen LogP contribution is -2.40. The van der Waals surface area contributed by atoms with Crippen LogP contribution in [0.1, 0.15) is 27.7 Å². The molecule has 0 aromatic rings. The minimum absolute atomic E-state index is 0.244. The van der Waals surface area contributed by atoms with Gasteiger partial charge in [-0.05, 0) is 25.1 Å². The Hall–Kier alpha value is 0.0469. The van der Waals surface area contributed by atoms with Gasteiger partial charge in [0.15, 0.2) is 0 Å². The van der Waals surface area contributed by atoms with Crippen molar-refractivity contribution in [3.63, 3.8) is 0 Å². The quantitative estimate of drug-likeness (QED) is 0.488. The molecule has 0 aliphatic carbocycles. The van der Waals surface area contributed by atoms with Crippen LogP contribution in [0.15, 0.2) is 11.3 Å². The monoisotopic (exact) mass is 206 g/mol. The van der Waals surface area contributed by atoms with Gasteiger partial charge >= 0.3 is 0 Å². The zero-order valence-electron chi connectivity index (χ0n) is 8.86. The topological polar surface area (TPSA) is 9.23 Å². The summed E-state index contributed by atoms with van der Waals surface area (Å²) in [5.41, 5.74) is 1.50. The Morgan fingerprint density at radius 3 is 2.00 bits per heavy atom. The first-order valence-corrected chi connectivity index (χ1v) is 7.51. The molecular formula is C9H19ClOSi. The molecule has 0 atom stereocenters. The highest BCUT2D eigenvalue weighted by Crippen LogP contribution is 2.37. The third-order valence-electron chi connectivity index (χ3n) is 2.38. The van der Waals surface area contributed by atoms with Gasteiger partial charge in [-0.3, -0.25) is 0 Å². The lowest BCUT2D eigenvalue weighted by Gasteiger charge is -2.36. The lowest BCUT2D eigenvalue weighted by atomic mass is 10.2. The summed E-state index contributed by atoms with van der Waals surface area (Å²) in [6.07, 6.45) is 0. The Kier molecular flexibility index (Phi) is 3.85. The minimum Gasteiger partial charge on any atom is -0.546 e. The molecule has 0 spiro atoms. The van der Waals surface area contributed by atoms with Gasteiger partial charge in [0.1, 0.15) is 0 Å². The van der Waals surface area contributed by atoms with Crippen LogP contribution in [0, 0.1) is 0 Å². The van der Waals surface area contributed by atoms with Crippen LogP contribution in [-0.2, 0) is 4.43 Å². The number of hydrogen-bond acceptors (Lipinski definition) is 1. The molecule has 0 bridgehead atoms. The minimum atomic E-state index is -1.64. The van der Waals surface area contributed by atoms with E-state index in [2.05, 4.69) is 33.9 Å². The van der Waals surface area contributed by atoms with Crippen molar-refractivity contribution in [1.29, 1.82) is 0 Å². The molecule has 0 amide bonds. The second kappa shape index (κ2) is 3.84. The fourth-order valence-corrected chi connectivity index (χ4v) is 1.87. The molecular weight excluding hydrogens is 188 g/mol. The molecule has 1 nitrogen and oxygen atoms in total.